The van der Waals surface area contributed by atoms with E-state index in [9.17, 15) is 4.39 Å². The van der Waals surface area contributed by atoms with Gasteiger partial charge >= 0.3 is 0 Å². The zero-order chi connectivity index (χ0) is 13.1. The van der Waals surface area contributed by atoms with Crippen molar-refractivity contribution in [1.82, 2.24) is 0 Å². The molecule has 0 aliphatic rings. The third-order valence-electron chi connectivity index (χ3n) is 2.42. The van der Waals surface area contributed by atoms with Crippen molar-refractivity contribution in [2.45, 2.75) is 6.61 Å². The van der Waals surface area contributed by atoms with Crippen molar-refractivity contribution < 1.29 is 14.2 Å². The van der Waals surface area contributed by atoms with Crippen LogP contribution in [-0.4, -0.2) is 5.11 Å². The summed E-state index contributed by atoms with van der Waals surface area (Å²) in [4.78, 5) is 0. The van der Waals surface area contributed by atoms with E-state index in [-0.39, 0.29) is 23.1 Å². The normalized spacial score (nSPS) is 10.4. The Morgan fingerprint density at radius 2 is 1.94 bits per heavy atom. The van der Waals surface area contributed by atoms with E-state index in [2.05, 4.69) is 0 Å². The van der Waals surface area contributed by atoms with Gasteiger partial charge in [-0.15, -0.1) is 0 Å². The molecule has 0 amide bonds. The molecule has 0 radical (unpaired) electrons. The number of aliphatic hydroxyl groups is 1. The first-order valence-corrected chi connectivity index (χ1v) is 5.60. The molecule has 0 spiro atoms. The van der Waals surface area contributed by atoms with Gasteiger partial charge in [0.15, 0.2) is 5.75 Å². The van der Waals surface area contributed by atoms with Crippen LogP contribution in [0.1, 0.15) is 5.56 Å². The summed E-state index contributed by atoms with van der Waals surface area (Å²) in [6.07, 6.45) is 0. The summed E-state index contributed by atoms with van der Waals surface area (Å²) in [5.74, 6) is -0.0198. The molecule has 5 heteroatoms. The number of aliphatic hydroxyl groups excluding tert-OH is 1. The third-order valence-corrected chi connectivity index (χ3v) is 2.71. The predicted octanol–water partition coefficient (Wildman–Crippen LogP) is 3.35. The summed E-state index contributed by atoms with van der Waals surface area (Å²) in [7, 11) is 0. The van der Waals surface area contributed by atoms with Gasteiger partial charge in [-0.1, -0.05) is 29.8 Å². The van der Waals surface area contributed by atoms with Crippen molar-refractivity contribution in [1.29, 1.82) is 0 Å². The van der Waals surface area contributed by atoms with E-state index in [1.807, 2.05) is 0 Å². The molecular weight excluding hydrogens is 257 g/mol. The molecule has 18 heavy (non-hydrogen) atoms. The van der Waals surface area contributed by atoms with Gasteiger partial charge < -0.3 is 15.6 Å². The van der Waals surface area contributed by atoms with Crippen LogP contribution >= 0.6 is 11.6 Å². The fraction of sp³-hybridized carbons (Fsp3) is 0.0769. The Hall–Kier alpha value is -1.78. The molecule has 0 saturated carbocycles. The van der Waals surface area contributed by atoms with Gasteiger partial charge in [0.1, 0.15) is 11.6 Å². The quantitative estimate of drug-likeness (QED) is 0.839. The summed E-state index contributed by atoms with van der Waals surface area (Å²) >= 11 is 5.60. The zero-order valence-corrected chi connectivity index (χ0v) is 10.1. The Balaban J connectivity index is 2.37. The maximum atomic E-state index is 13.3. The van der Waals surface area contributed by atoms with Crippen molar-refractivity contribution in [2.75, 3.05) is 5.73 Å². The topological polar surface area (TPSA) is 55.5 Å². The zero-order valence-electron chi connectivity index (χ0n) is 9.36. The van der Waals surface area contributed by atoms with Crippen LogP contribution < -0.4 is 10.5 Å². The molecule has 0 aliphatic carbocycles. The number of halogens is 2. The second-order valence-corrected chi connectivity index (χ2v) is 4.08. The molecule has 0 atom stereocenters. The fourth-order valence-corrected chi connectivity index (χ4v) is 1.66. The van der Waals surface area contributed by atoms with Crippen LogP contribution in [-0.2, 0) is 6.61 Å². The van der Waals surface area contributed by atoms with Crippen LogP contribution in [0, 0.1) is 5.82 Å². The van der Waals surface area contributed by atoms with Crippen molar-refractivity contribution in [3.8, 4) is 11.5 Å². The molecule has 2 rings (SSSR count). The lowest BCUT2D eigenvalue weighted by Gasteiger charge is -2.11. The molecule has 94 valence electrons. The second kappa shape index (κ2) is 5.25. The summed E-state index contributed by atoms with van der Waals surface area (Å²) in [5, 5.41) is 9.10. The van der Waals surface area contributed by atoms with E-state index >= 15 is 0 Å². The number of rotatable bonds is 3. The average molecular weight is 268 g/mol. The van der Waals surface area contributed by atoms with Crippen molar-refractivity contribution >= 4 is 17.3 Å². The van der Waals surface area contributed by atoms with E-state index in [0.29, 0.717) is 11.3 Å². The molecule has 0 heterocycles. The number of hydrogen-bond donors (Lipinski definition) is 2. The molecule has 0 fully saturated rings. The number of para-hydroxylation sites is 1. The molecule has 2 aromatic carbocycles. The highest BCUT2D eigenvalue weighted by molar-refractivity contribution is 6.31. The number of nitrogen functional groups attached to an aromatic ring is 1. The minimum absolute atomic E-state index is 0.0599. The Kier molecular flexibility index (Phi) is 3.69. The molecule has 0 aliphatic heterocycles. The van der Waals surface area contributed by atoms with Crippen molar-refractivity contribution in [3.63, 3.8) is 0 Å². The average Bonchev–Trinajstić information content (AvgIpc) is 2.36. The first-order chi connectivity index (χ1) is 8.61. The molecule has 0 unspecified atom stereocenters. The van der Waals surface area contributed by atoms with Crippen LogP contribution in [0.15, 0.2) is 36.4 Å². The molecule has 2 aromatic rings. The largest absolute Gasteiger partial charge is 0.455 e. The Bertz CT molecular complexity index is 575. The molecule has 3 nitrogen and oxygen atoms in total. The predicted molar refractivity (Wildman–Crippen MR) is 68.3 cm³/mol. The van der Waals surface area contributed by atoms with E-state index < -0.39 is 5.82 Å². The fourth-order valence-electron chi connectivity index (χ4n) is 1.48. The number of ether oxygens (including phenoxy) is 1. The molecule has 0 bridgehead atoms. The summed E-state index contributed by atoms with van der Waals surface area (Å²) < 4.78 is 18.8. The van der Waals surface area contributed by atoms with Gasteiger partial charge in [-0.2, -0.15) is 0 Å². The van der Waals surface area contributed by atoms with Crippen molar-refractivity contribution in [2.24, 2.45) is 0 Å². The van der Waals surface area contributed by atoms with Crippen LogP contribution in [0.25, 0.3) is 0 Å². The van der Waals surface area contributed by atoms with Gasteiger partial charge in [-0.3, -0.25) is 0 Å². The molecular formula is C13H11ClFNO2. The second-order valence-electron chi connectivity index (χ2n) is 3.67. The monoisotopic (exact) mass is 267 g/mol. The van der Waals surface area contributed by atoms with Gasteiger partial charge in [0, 0.05) is 11.6 Å². The Morgan fingerprint density at radius 1 is 1.22 bits per heavy atom. The molecule has 3 N–H and O–H groups in total. The van der Waals surface area contributed by atoms with E-state index in [0.717, 1.165) is 6.07 Å². The smallest absolute Gasteiger partial charge is 0.153 e. The van der Waals surface area contributed by atoms with Crippen LogP contribution in [0.3, 0.4) is 0 Å². The lowest BCUT2D eigenvalue weighted by atomic mass is 10.2. The van der Waals surface area contributed by atoms with Crippen molar-refractivity contribution in [3.05, 3.63) is 52.8 Å². The summed E-state index contributed by atoms with van der Waals surface area (Å²) in [6, 6.07) is 9.29. The third kappa shape index (κ3) is 2.55. The minimum atomic E-state index is -0.609. The van der Waals surface area contributed by atoms with E-state index in [1.165, 1.54) is 6.07 Å². The lowest BCUT2D eigenvalue weighted by Crippen LogP contribution is -1.96. The Morgan fingerprint density at radius 3 is 2.67 bits per heavy atom. The summed E-state index contributed by atoms with van der Waals surface area (Å²) in [6.45, 7) is -0.174. The number of hydrogen-bond acceptors (Lipinski definition) is 3. The SMILES string of the molecule is Nc1cc(Cl)c(F)cc1Oc1ccccc1CO. The van der Waals surface area contributed by atoms with Crippen LogP contribution in [0.2, 0.25) is 5.02 Å². The molecule has 0 saturated heterocycles. The Labute approximate surface area is 109 Å². The highest BCUT2D eigenvalue weighted by atomic mass is 35.5. The maximum absolute atomic E-state index is 13.3. The van der Waals surface area contributed by atoms with E-state index in [4.69, 9.17) is 27.2 Å². The summed E-state index contributed by atoms with van der Waals surface area (Å²) in [5.41, 5.74) is 6.51. The van der Waals surface area contributed by atoms with Gasteiger partial charge in [-0.05, 0) is 12.1 Å². The van der Waals surface area contributed by atoms with Gasteiger partial charge in [0.05, 0.1) is 17.3 Å². The van der Waals surface area contributed by atoms with Crippen LogP contribution in [0.4, 0.5) is 10.1 Å². The van der Waals surface area contributed by atoms with E-state index in [1.54, 1.807) is 24.3 Å². The minimum Gasteiger partial charge on any atom is -0.455 e. The highest BCUT2D eigenvalue weighted by Gasteiger charge is 2.10. The maximum Gasteiger partial charge on any atom is 0.153 e. The number of nitrogens with two attached hydrogens (primary N) is 1. The first-order valence-electron chi connectivity index (χ1n) is 5.23. The first kappa shape index (κ1) is 12.7. The standard InChI is InChI=1S/C13H11ClFNO2/c14-9-5-11(16)13(6-10(9)15)18-12-4-2-1-3-8(12)7-17/h1-6,17H,7,16H2. The van der Waals surface area contributed by atoms with Gasteiger partial charge in [0.25, 0.3) is 0 Å². The highest BCUT2D eigenvalue weighted by Crippen LogP contribution is 2.33. The van der Waals surface area contributed by atoms with Gasteiger partial charge in [0.2, 0.25) is 0 Å². The van der Waals surface area contributed by atoms with Crippen LogP contribution in [0.5, 0.6) is 11.5 Å². The molecule has 0 aromatic heterocycles. The number of benzene rings is 2. The lowest BCUT2D eigenvalue weighted by molar-refractivity contribution is 0.276. The number of anilines is 1. The van der Waals surface area contributed by atoms with Gasteiger partial charge in [-0.25, -0.2) is 4.39 Å².